The first-order chi connectivity index (χ1) is 9.51. The molecule has 2 rings (SSSR count). The molecule has 1 aromatic rings. The van der Waals surface area contributed by atoms with Crippen molar-refractivity contribution < 1.29 is 9.59 Å². The number of rotatable bonds is 4. The van der Waals surface area contributed by atoms with Gasteiger partial charge in [-0.25, -0.2) is 0 Å². The molecule has 0 aromatic heterocycles. The predicted molar refractivity (Wildman–Crippen MR) is 92.1 cm³/mol. The van der Waals surface area contributed by atoms with Crippen molar-refractivity contribution in [2.45, 2.75) is 26.7 Å². The number of halogens is 1. The van der Waals surface area contributed by atoms with Crippen molar-refractivity contribution in [3.63, 3.8) is 0 Å². The molecule has 1 aliphatic heterocycles. The Morgan fingerprint density at radius 3 is 2.90 bits per heavy atom. The predicted octanol–water partition coefficient (Wildman–Crippen LogP) is 3.49. The largest absolute Gasteiger partial charge is 0.312 e. The Kier molecular flexibility index (Phi) is 5.49. The molecule has 1 aliphatic rings. The molecule has 108 valence electrons. The summed E-state index contributed by atoms with van der Waals surface area (Å²) in [7, 11) is 0. The van der Waals surface area contributed by atoms with Crippen molar-refractivity contribution in [2.75, 3.05) is 17.2 Å². The molecule has 20 heavy (non-hydrogen) atoms. The second kappa shape index (κ2) is 6.93. The quantitative estimate of drug-likeness (QED) is 0.723. The summed E-state index contributed by atoms with van der Waals surface area (Å²) in [6, 6.07) is 6.22. The van der Waals surface area contributed by atoms with Crippen molar-refractivity contribution >= 4 is 51.1 Å². The van der Waals surface area contributed by atoms with Crippen molar-refractivity contribution in [3.8, 4) is 0 Å². The summed E-state index contributed by atoms with van der Waals surface area (Å²) in [5, 5.41) is 0.124. The number of carbonyl (C=O) groups excluding carboxylic acids is 2. The van der Waals surface area contributed by atoms with Crippen molar-refractivity contribution in [3.05, 3.63) is 27.3 Å². The molecule has 1 amide bonds. The average molecular weight is 403 g/mol. The van der Waals surface area contributed by atoms with Crippen LogP contribution in [0.5, 0.6) is 0 Å². The van der Waals surface area contributed by atoms with Gasteiger partial charge >= 0.3 is 0 Å². The van der Waals surface area contributed by atoms with Crippen LogP contribution in [0.4, 0.5) is 5.69 Å². The number of carbonyl (C=O) groups is 2. The highest BCUT2D eigenvalue weighted by molar-refractivity contribution is 14.1. The zero-order chi connectivity index (χ0) is 14.7. The fourth-order valence-corrected chi connectivity index (χ4v) is 3.71. The molecule has 0 spiro atoms. The summed E-state index contributed by atoms with van der Waals surface area (Å²) in [6.45, 7) is 4.42. The zero-order valence-corrected chi connectivity index (χ0v) is 14.7. The van der Waals surface area contributed by atoms with Gasteiger partial charge in [0.25, 0.3) is 0 Å². The van der Waals surface area contributed by atoms with E-state index in [1.165, 1.54) is 20.9 Å². The van der Waals surface area contributed by atoms with Gasteiger partial charge < -0.3 is 4.90 Å². The lowest BCUT2D eigenvalue weighted by Crippen LogP contribution is -2.26. The van der Waals surface area contributed by atoms with E-state index in [0.29, 0.717) is 6.42 Å². The van der Waals surface area contributed by atoms with Crippen LogP contribution in [0.2, 0.25) is 0 Å². The average Bonchev–Trinajstić information content (AvgIpc) is 2.77. The molecule has 5 heteroatoms. The van der Waals surface area contributed by atoms with Gasteiger partial charge in [-0.1, -0.05) is 18.7 Å². The van der Waals surface area contributed by atoms with E-state index in [9.17, 15) is 9.59 Å². The molecule has 0 aliphatic carbocycles. The van der Waals surface area contributed by atoms with Crippen LogP contribution >= 0.6 is 34.4 Å². The van der Waals surface area contributed by atoms with Crippen molar-refractivity contribution in [1.82, 2.24) is 0 Å². The summed E-state index contributed by atoms with van der Waals surface area (Å²) in [4.78, 5) is 25.1. The first kappa shape index (κ1) is 15.8. The minimum atomic E-state index is 0.124. The number of hydrogen-bond donors (Lipinski definition) is 0. The van der Waals surface area contributed by atoms with E-state index in [2.05, 4.69) is 35.6 Å². The molecule has 0 saturated carbocycles. The van der Waals surface area contributed by atoms with Gasteiger partial charge in [0.1, 0.15) is 0 Å². The zero-order valence-electron chi connectivity index (χ0n) is 11.7. The minimum Gasteiger partial charge on any atom is -0.312 e. The number of aryl methyl sites for hydroxylation is 1. The van der Waals surface area contributed by atoms with Crippen molar-refractivity contribution in [1.29, 1.82) is 0 Å². The van der Waals surface area contributed by atoms with Crippen LogP contribution in [0.25, 0.3) is 0 Å². The Morgan fingerprint density at radius 2 is 2.25 bits per heavy atom. The van der Waals surface area contributed by atoms with Gasteiger partial charge in [-0.3, -0.25) is 9.59 Å². The Morgan fingerprint density at radius 1 is 1.50 bits per heavy atom. The maximum atomic E-state index is 12.2. The number of hydrogen-bond acceptors (Lipinski definition) is 3. The molecule has 1 fully saturated rings. The van der Waals surface area contributed by atoms with E-state index in [4.69, 9.17) is 0 Å². The standard InChI is InChI=1S/C15H18INO2S/c1-3-12-7-13(16)4-5-14(12)17-8-11(6-15(17)19)9-20-10(2)18/h4-5,7,11H,3,6,8-9H2,1-2H3. The first-order valence-electron chi connectivity index (χ1n) is 6.73. The van der Waals surface area contributed by atoms with Crippen LogP contribution in [0.15, 0.2) is 18.2 Å². The second-order valence-corrected chi connectivity index (χ2v) is 7.45. The Labute approximate surface area is 137 Å². The number of anilines is 1. The molecular formula is C15H18INO2S. The summed E-state index contributed by atoms with van der Waals surface area (Å²) < 4.78 is 1.19. The van der Waals surface area contributed by atoms with Gasteiger partial charge in [0.05, 0.1) is 0 Å². The van der Waals surface area contributed by atoms with Crippen LogP contribution in [-0.4, -0.2) is 23.3 Å². The van der Waals surface area contributed by atoms with Crippen LogP contribution < -0.4 is 4.90 Å². The van der Waals surface area contributed by atoms with E-state index in [1.807, 2.05) is 17.0 Å². The number of benzene rings is 1. The Balaban J connectivity index is 2.13. The van der Waals surface area contributed by atoms with Gasteiger partial charge in [0.2, 0.25) is 5.91 Å². The first-order valence-corrected chi connectivity index (χ1v) is 8.79. The van der Waals surface area contributed by atoms with Crippen LogP contribution in [-0.2, 0) is 16.0 Å². The molecule has 1 heterocycles. The molecule has 3 nitrogen and oxygen atoms in total. The molecule has 0 radical (unpaired) electrons. The van der Waals surface area contributed by atoms with E-state index < -0.39 is 0 Å². The Hall–Kier alpha value is -0.560. The van der Waals surface area contributed by atoms with Gasteiger partial charge in [-0.05, 0) is 58.7 Å². The van der Waals surface area contributed by atoms with Crippen LogP contribution in [0.3, 0.4) is 0 Å². The third-order valence-corrected chi connectivity index (χ3v) is 5.16. The lowest BCUT2D eigenvalue weighted by molar-refractivity contribution is -0.117. The number of nitrogens with zero attached hydrogens (tertiary/aromatic N) is 1. The Bertz CT molecular complexity index is 533. The smallest absolute Gasteiger partial charge is 0.227 e. The molecular weight excluding hydrogens is 385 g/mol. The van der Waals surface area contributed by atoms with Crippen LogP contribution in [0, 0.1) is 9.49 Å². The molecule has 0 bridgehead atoms. The lowest BCUT2D eigenvalue weighted by atomic mass is 10.1. The lowest BCUT2D eigenvalue weighted by Gasteiger charge is -2.20. The van der Waals surface area contributed by atoms with Crippen LogP contribution in [0.1, 0.15) is 25.8 Å². The topological polar surface area (TPSA) is 37.4 Å². The second-order valence-electron chi connectivity index (χ2n) is 5.00. The number of thioether (sulfide) groups is 1. The molecule has 1 atom stereocenters. The summed E-state index contributed by atoms with van der Waals surface area (Å²) in [5.74, 6) is 1.19. The highest BCUT2D eigenvalue weighted by Crippen LogP contribution is 2.31. The molecule has 1 unspecified atom stereocenters. The summed E-state index contributed by atoms with van der Waals surface area (Å²) in [6.07, 6.45) is 1.47. The fraction of sp³-hybridized carbons (Fsp3) is 0.467. The van der Waals surface area contributed by atoms with E-state index >= 15 is 0 Å². The molecule has 1 saturated heterocycles. The minimum absolute atomic E-state index is 0.124. The van der Waals surface area contributed by atoms with E-state index in [0.717, 1.165) is 24.4 Å². The normalized spacial score (nSPS) is 18.6. The van der Waals surface area contributed by atoms with E-state index in [-0.39, 0.29) is 16.9 Å². The molecule has 1 aromatic carbocycles. The summed E-state index contributed by atoms with van der Waals surface area (Å²) in [5.41, 5.74) is 2.25. The van der Waals surface area contributed by atoms with Gasteiger partial charge in [0.15, 0.2) is 5.12 Å². The molecule has 0 N–H and O–H groups in total. The SMILES string of the molecule is CCc1cc(I)ccc1N1CC(CSC(C)=O)CC1=O. The van der Waals surface area contributed by atoms with Gasteiger partial charge in [-0.15, -0.1) is 0 Å². The van der Waals surface area contributed by atoms with Gasteiger partial charge in [-0.2, -0.15) is 0 Å². The van der Waals surface area contributed by atoms with Gasteiger partial charge in [0, 0.05) is 34.9 Å². The maximum Gasteiger partial charge on any atom is 0.227 e. The monoisotopic (exact) mass is 403 g/mol. The van der Waals surface area contributed by atoms with E-state index in [1.54, 1.807) is 6.92 Å². The maximum absolute atomic E-state index is 12.2. The summed E-state index contributed by atoms with van der Waals surface area (Å²) >= 11 is 3.62. The highest BCUT2D eigenvalue weighted by atomic mass is 127. The third kappa shape index (κ3) is 3.75. The number of amides is 1. The highest BCUT2D eigenvalue weighted by Gasteiger charge is 2.31. The van der Waals surface area contributed by atoms with Crippen molar-refractivity contribution in [2.24, 2.45) is 5.92 Å². The third-order valence-electron chi connectivity index (χ3n) is 3.44. The fourth-order valence-electron chi connectivity index (χ4n) is 2.46.